The van der Waals surface area contributed by atoms with E-state index in [4.69, 9.17) is 14.2 Å². The molecule has 168 valence electrons. The van der Waals surface area contributed by atoms with Gasteiger partial charge in [0.05, 0.1) is 30.5 Å². The highest BCUT2D eigenvalue weighted by molar-refractivity contribution is 8.13. The summed E-state index contributed by atoms with van der Waals surface area (Å²) in [4.78, 5) is 23.0. The fraction of sp³-hybridized carbons (Fsp3) is 0.667. The van der Waals surface area contributed by atoms with Gasteiger partial charge in [0.2, 0.25) is 6.29 Å². The van der Waals surface area contributed by atoms with E-state index in [1.54, 1.807) is 0 Å². The zero-order chi connectivity index (χ0) is 22.2. The maximum atomic E-state index is 11.6. The number of thioether (sulfide) groups is 1. The van der Waals surface area contributed by atoms with Crippen molar-refractivity contribution in [2.75, 3.05) is 12.4 Å². The first-order chi connectivity index (χ1) is 14.1. The Kier molecular flexibility index (Phi) is 7.20. The van der Waals surface area contributed by atoms with Crippen molar-refractivity contribution in [3.05, 3.63) is 23.5 Å². The number of aliphatic hydroxyl groups is 5. The van der Waals surface area contributed by atoms with Crippen LogP contribution in [-0.2, 0) is 23.8 Å². The van der Waals surface area contributed by atoms with Gasteiger partial charge in [-0.1, -0.05) is 23.4 Å². The summed E-state index contributed by atoms with van der Waals surface area (Å²) in [6, 6.07) is 0. The molecule has 0 bridgehead atoms. The number of carboxylic acids is 1. The van der Waals surface area contributed by atoms with Crippen LogP contribution in [0.1, 0.15) is 6.92 Å². The van der Waals surface area contributed by atoms with Gasteiger partial charge in [-0.15, -0.1) is 0 Å². The normalized spacial score (nSPS) is 40.8. The average molecular weight is 448 g/mol. The third-order valence-electron chi connectivity index (χ3n) is 5.36. The minimum absolute atomic E-state index is 0.165. The molecule has 6 N–H and O–H groups in total. The predicted molar refractivity (Wildman–Crippen MR) is 99.7 cm³/mol. The number of hydrogen-bond donors (Lipinski definition) is 6. The Hall–Kier alpha value is -1.51. The van der Waals surface area contributed by atoms with Crippen molar-refractivity contribution >= 4 is 22.8 Å². The molecular weight excluding hydrogens is 424 g/mol. The summed E-state index contributed by atoms with van der Waals surface area (Å²) in [5.41, 5.74) is 0.342. The lowest BCUT2D eigenvalue weighted by molar-refractivity contribution is -0.339. The van der Waals surface area contributed by atoms with Crippen molar-refractivity contribution in [3.63, 3.8) is 0 Å². The highest BCUT2D eigenvalue weighted by Gasteiger charge is 2.52. The molecule has 1 saturated heterocycles. The number of carbonyl (C=O) groups is 2. The molecule has 12 heteroatoms. The Morgan fingerprint density at radius 2 is 1.80 bits per heavy atom. The highest BCUT2D eigenvalue weighted by Crippen LogP contribution is 2.45. The second kappa shape index (κ2) is 9.32. The van der Waals surface area contributed by atoms with E-state index < -0.39 is 67.5 Å². The van der Waals surface area contributed by atoms with Gasteiger partial charge in [0.25, 0.3) is 0 Å². The van der Waals surface area contributed by atoms with Crippen molar-refractivity contribution < 1.29 is 54.4 Å². The minimum atomic E-state index is -1.68. The molecule has 11 nitrogen and oxygen atoms in total. The van der Waals surface area contributed by atoms with E-state index in [0.717, 1.165) is 18.0 Å². The van der Waals surface area contributed by atoms with Crippen molar-refractivity contribution in [1.29, 1.82) is 0 Å². The summed E-state index contributed by atoms with van der Waals surface area (Å²) in [5, 5.41) is 59.1. The van der Waals surface area contributed by atoms with Gasteiger partial charge >= 0.3 is 5.97 Å². The molecule has 0 amide bonds. The average Bonchev–Trinajstić information content (AvgIpc) is 3.03. The number of aliphatic carboxylic acids is 1. The van der Waals surface area contributed by atoms with Gasteiger partial charge in [0.1, 0.15) is 24.4 Å². The van der Waals surface area contributed by atoms with Crippen LogP contribution in [0.15, 0.2) is 23.5 Å². The third-order valence-corrected chi connectivity index (χ3v) is 6.24. The second-order valence-electron chi connectivity index (χ2n) is 7.28. The molecule has 3 aliphatic rings. The molecule has 0 aromatic carbocycles. The molecule has 1 fully saturated rings. The van der Waals surface area contributed by atoms with Crippen molar-refractivity contribution in [3.8, 4) is 0 Å². The van der Waals surface area contributed by atoms with Crippen LogP contribution in [-0.4, -0.2) is 97.2 Å². The van der Waals surface area contributed by atoms with Crippen LogP contribution in [0.5, 0.6) is 0 Å². The van der Waals surface area contributed by atoms with Crippen LogP contribution >= 0.6 is 11.8 Å². The van der Waals surface area contributed by atoms with Crippen LogP contribution in [0.25, 0.3) is 0 Å². The summed E-state index contributed by atoms with van der Waals surface area (Å²) in [6.07, 6.45) is -7.63. The fourth-order valence-corrected chi connectivity index (χ4v) is 4.51. The van der Waals surface area contributed by atoms with E-state index in [9.17, 15) is 40.2 Å². The predicted octanol–water partition coefficient (Wildman–Crippen LogP) is -2.06. The van der Waals surface area contributed by atoms with Gasteiger partial charge < -0.3 is 44.8 Å². The van der Waals surface area contributed by atoms with Crippen LogP contribution in [0.3, 0.4) is 0 Å². The van der Waals surface area contributed by atoms with Crippen molar-refractivity contribution in [2.45, 2.75) is 50.0 Å². The van der Waals surface area contributed by atoms with E-state index in [-0.39, 0.29) is 16.4 Å². The van der Waals surface area contributed by atoms with Crippen molar-refractivity contribution in [1.82, 2.24) is 0 Å². The summed E-state index contributed by atoms with van der Waals surface area (Å²) < 4.78 is 16.4. The first-order valence-corrected chi connectivity index (χ1v) is 10.2. The van der Waals surface area contributed by atoms with Crippen molar-refractivity contribution in [2.24, 2.45) is 11.8 Å². The minimum Gasteiger partial charge on any atom is -0.478 e. The van der Waals surface area contributed by atoms with Gasteiger partial charge in [0, 0.05) is 18.6 Å². The highest BCUT2D eigenvalue weighted by atomic mass is 32.2. The van der Waals surface area contributed by atoms with Crippen LogP contribution in [0.2, 0.25) is 0 Å². The lowest BCUT2D eigenvalue weighted by Gasteiger charge is -2.43. The number of fused-ring (bicyclic) bond motifs is 1. The number of carboxylic acid groups (broad SMARTS) is 1. The molecule has 30 heavy (non-hydrogen) atoms. The number of aliphatic hydroxyl groups excluding tert-OH is 5. The first kappa shape index (κ1) is 23.2. The van der Waals surface area contributed by atoms with E-state index in [1.165, 1.54) is 13.0 Å². The summed E-state index contributed by atoms with van der Waals surface area (Å²) in [6.45, 7) is 0.723. The fourth-order valence-electron chi connectivity index (χ4n) is 3.85. The molecule has 1 aliphatic carbocycles. The molecule has 0 spiro atoms. The van der Waals surface area contributed by atoms with Gasteiger partial charge in [-0.3, -0.25) is 4.79 Å². The second-order valence-corrected chi connectivity index (χ2v) is 8.43. The molecule has 0 saturated carbocycles. The Morgan fingerprint density at radius 1 is 1.10 bits per heavy atom. The zero-order valence-corrected chi connectivity index (χ0v) is 16.7. The molecule has 0 aromatic rings. The van der Waals surface area contributed by atoms with E-state index in [1.807, 2.05) is 0 Å². The standard InChI is InChI=1S/C18H24O11S/c1-6(20)30-5-7-2-9(21)12-8(16(25)26)4-27-17(11(7)12)29-18-15(24)14(23)13(22)10(3-19)28-18/h2,4,9-15,17-19,21-24H,3,5H2,1H3,(H,25,26)/t9-,10+,11+,12-,13+,14-,15+,17-,18-/m0/s1. The third kappa shape index (κ3) is 4.41. The monoisotopic (exact) mass is 448 g/mol. The lowest BCUT2D eigenvalue weighted by Crippen LogP contribution is -2.60. The lowest BCUT2D eigenvalue weighted by atomic mass is 9.82. The van der Waals surface area contributed by atoms with Crippen LogP contribution in [0, 0.1) is 11.8 Å². The molecular formula is C18H24O11S. The number of hydrogen-bond acceptors (Lipinski definition) is 11. The largest absolute Gasteiger partial charge is 0.478 e. The van der Waals surface area contributed by atoms with E-state index >= 15 is 0 Å². The Morgan fingerprint density at radius 3 is 2.40 bits per heavy atom. The van der Waals surface area contributed by atoms with E-state index in [0.29, 0.717) is 5.57 Å². The maximum absolute atomic E-state index is 11.6. The molecule has 0 unspecified atom stereocenters. The SMILES string of the molecule is CC(=O)SCC1=C[C@H](O)[C@@H]2C(C(=O)O)=CO[C@@H](O[C@@H]3O[C@H](CO)[C@@H](O)[C@H](O)[C@H]3O)[C@H]12. The van der Waals surface area contributed by atoms with Gasteiger partial charge in [-0.25, -0.2) is 4.79 Å². The summed E-state index contributed by atoms with van der Waals surface area (Å²) in [5.74, 6) is -2.86. The zero-order valence-electron chi connectivity index (χ0n) is 15.9. The topological polar surface area (TPSA) is 183 Å². The summed E-state index contributed by atoms with van der Waals surface area (Å²) >= 11 is 0.966. The van der Waals surface area contributed by atoms with Crippen LogP contribution < -0.4 is 0 Å². The molecule has 2 aliphatic heterocycles. The Balaban J connectivity index is 1.85. The van der Waals surface area contributed by atoms with Crippen LogP contribution in [0.4, 0.5) is 0 Å². The van der Waals surface area contributed by atoms with Gasteiger partial charge in [-0.2, -0.15) is 0 Å². The van der Waals surface area contributed by atoms with E-state index in [2.05, 4.69) is 0 Å². The number of rotatable bonds is 6. The van der Waals surface area contributed by atoms with Gasteiger partial charge in [-0.05, 0) is 0 Å². The summed E-state index contributed by atoms with van der Waals surface area (Å²) in [7, 11) is 0. The number of carbonyl (C=O) groups excluding carboxylic acids is 1. The molecule has 9 atom stereocenters. The van der Waals surface area contributed by atoms with Gasteiger partial charge in [0.15, 0.2) is 11.4 Å². The number of ether oxygens (including phenoxy) is 3. The quantitative estimate of drug-likeness (QED) is 0.245. The first-order valence-electron chi connectivity index (χ1n) is 9.22. The molecule has 0 aromatic heterocycles. The molecule has 2 heterocycles. The smallest absolute Gasteiger partial charge is 0.335 e. The maximum Gasteiger partial charge on any atom is 0.335 e. The molecule has 3 rings (SSSR count). The Bertz CT molecular complexity index is 736. The molecule has 0 radical (unpaired) electrons. The Labute approximate surface area is 175 Å².